The number of likely N-dealkylation sites (N-methyl/N-ethyl adjacent to an activating group) is 1. The average molecular weight is 619 g/mol. The molecule has 1 fully saturated rings. The van der Waals surface area contributed by atoms with E-state index in [1.807, 2.05) is 49.7 Å². The molecule has 0 saturated carbocycles. The number of anilines is 2. The molecule has 3 aromatic heterocycles. The lowest BCUT2D eigenvalue weighted by Gasteiger charge is -2.44. The van der Waals surface area contributed by atoms with Gasteiger partial charge < -0.3 is 29.2 Å². The highest BCUT2D eigenvalue weighted by molar-refractivity contribution is 9.10. The molecule has 10 nitrogen and oxygen atoms in total. The molecule has 0 unspecified atom stereocenters. The van der Waals surface area contributed by atoms with Gasteiger partial charge in [-0.15, -0.1) is 0 Å². The maximum atomic E-state index is 12.4. The number of fused-ring (bicyclic) bond motifs is 1. The van der Waals surface area contributed by atoms with Crippen LogP contribution in [0.2, 0.25) is 25.7 Å². The molecule has 1 aliphatic rings. The van der Waals surface area contributed by atoms with Crippen LogP contribution in [-0.4, -0.2) is 77.0 Å². The van der Waals surface area contributed by atoms with Crippen LogP contribution in [0.25, 0.3) is 11.0 Å². The topological polar surface area (TPSA) is 97.6 Å². The fourth-order valence-corrected chi connectivity index (χ4v) is 5.51. The fraction of sp³-hybridized carbons (Fsp3) is 0.556. The van der Waals surface area contributed by atoms with Crippen molar-refractivity contribution in [3.63, 3.8) is 0 Å². The molecule has 0 spiro atoms. The average Bonchev–Trinajstić information content (AvgIpc) is 3.14. The second-order valence-electron chi connectivity index (χ2n) is 12.2. The molecule has 1 N–H and O–H groups in total. The predicted octanol–water partition coefficient (Wildman–Crippen LogP) is 5.57. The van der Waals surface area contributed by atoms with Crippen molar-refractivity contribution in [2.75, 3.05) is 37.0 Å². The Morgan fingerprint density at radius 3 is 2.67 bits per heavy atom. The molecule has 4 heterocycles. The van der Waals surface area contributed by atoms with Crippen molar-refractivity contribution in [2.24, 2.45) is 0 Å². The summed E-state index contributed by atoms with van der Waals surface area (Å²) in [5, 5.41) is 4.35. The van der Waals surface area contributed by atoms with Crippen LogP contribution in [0.15, 0.2) is 35.2 Å². The highest BCUT2D eigenvalue weighted by Gasteiger charge is 2.35. The quantitative estimate of drug-likeness (QED) is 0.233. The molecule has 1 aliphatic heterocycles. The van der Waals surface area contributed by atoms with E-state index in [1.165, 1.54) is 0 Å². The van der Waals surface area contributed by atoms with Crippen molar-refractivity contribution in [3.8, 4) is 0 Å². The van der Waals surface area contributed by atoms with E-state index in [9.17, 15) is 4.79 Å². The second kappa shape index (κ2) is 11.8. The van der Waals surface area contributed by atoms with Gasteiger partial charge in [-0.1, -0.05) is 25.7 Å². The van der Waals surface area contributed by atoms with Crippen LogP contribution in [-0.2, 0) is 22.7 Å². The maximum absolute atomic E-state index is 12.4. The van der Waals surface area contributed by atoms with Crippen LogP contribution in [0.4, 0.5) is 16.4 Å². The number of rotatable bonds is 10. The summed E-state index contributed by atoms with van der Waals surface area (Å²) >= 11 is 3.68. The van der Waals surface area contributed by atoms with Crippen molar-refractivity contribution >= 4 is 52.8 Å². The van der Waals surface area contributed by atoms with Gasteiger partial charge in [0.05, 0.1) is 23.7 Å². The van der Waals surface area contributed by atoms with Crippen LogP contribution < -0.4 is 10.2 Å². The number of aromatic nitrogens is 4. The molecule has 0 bridgehead atoms. The zero-order valence-electron chi connectivity index (χ0n) is 24.0. The van der Waals surface area contributed by atoms with Gasteiger partial charge in [-0.25, -0.2) is 19.7 Å². The maximum Gasteiger partial charge on any atom is 0.410 e. The zero-order valence-corrected chi connectivity index (χ0v) is 26.6. The number of hydrogen-bond acceptors (Lipinski definition) is 8. The Labute approximate surface area is 240 Å². The second-order valence-corrected chi connectivity index (χ2v) is 18.7. The molecule has 1 amide bonds. The summed E-state index contributed by atoms with van der Waals surface area (Å²) in [5.41, 5.74) is 1.20. The third kappa shape index (κ3) is 7.70. The van der Waals surface area contributed by atoms with Crippen molar-refractivity contribution in [2.45, 2.75) is 71.4 Å². The standard InChI is InChI=1S/C27H40BrN7O3Si/c1-27(2,3)38-26(36)33(4)20-14-34(15-20)22-10-8-9-19(32-22)13-29-24-23-21(28)16-35(25(23)31-17-30-24)18-37-11-12-39(5,6)7/h8-10,16-17,20H,11-15,18H2,1-7H3,(H,29,30,31). The van der Waals surface area contributed by atoms with E-state index in [0.29, 0.717) is 26.4 Å². The van der Waals surface area contributed by atoms with Gasteiger partial charge in [-0.2, -0.15) is 0 Å². The van der Waals surface area contributed by atoms with E-state index in [-0.39, 0.29) is 12.1 Å². The first-order chi connectivity index (χ1) is 18.3. The number of hydrogen-bond donors (Lipinski definition) is 1. The molecule has 0 aliphatic carbocycles. The summed E-state index contributed by atoms with van der Waals surface area (Å²) in [6.07, 6.45) is 3.26. The molecule has 0 aromatic carbocycles. The molecule has 0 atom stereocenters. The Kier molecular flexibility index (Phi) is 8.87. The molecule has 0 radical (unpaired) electrons. The first-order valence-electron chi connectivity index (χ1n) is 13.3. The minimum atomic E-state index is -1.14. The van der Waals surface area contributed by atoms with Crippen LogP contribution in [0.3, 0.4) is 0 Å². The Balaban J connectivity index is 1.35. The first-order valence-corrected chi connectivity index (χ1v) is 17.8. The van der Waals surface area contributed by atoms with E-state index in [1.54, 1.807) is 18.3 Å². The van der Waals surface area contributed by atoms with E-state index < -0.39 is 13.7 Å². The fourth-order valence-electron chi connectivity index (χ4n) is 4.14. The van der Waals surface area contributed by atoms with Gasteiger partial charge in [-0.3, -0.25) is 0 Å². The summed E-state index contributed by atoms with van der Waals surface area (Å²) in [7, 11) is 0.653. The van der Waals surface area contributed by atoms with Gasteiger partial charge in [0.1, 0.15) is 35.9 Å². The Morgan fingerprint density at radius 1 is 1.23 bits per heavy atom. The third-order valence-corrected chi connectivity index (χ3v) is 8.78. The first kappa shape index (κ1) is 29.3. The number of pyridine rings is 1. The lowest BCUT2D eigenvalue weighted by Crippen LogP contribution is -2.60. The van der Waals surface area contributed by atoms with Crippen LogP contribution in [0.5, 0.6) is 0 Å². The highest BCUT2D eigenvalue weighted by atomic mass is 79.9. The number of carbonyl (C=O) groups is 1. The summed E-state index contributed by atoms with van der Waals surface area (Å²) in [5.74, 6) is 1.63. The molecule has 212 valence electrons. The SMILES string of the molecule is CN(C(=O)OC(C)(C)C)C1CN(c2cccc(CNc3ncnc4c3c(Br)cn4COCC[Si](C)(C)C)n2)C1. The summed E-state index contributed by atoms with van der Waals surface area (Å²) < 4.78 is 14.4. The van der Waals surface area contributed by atoms with Gasteiger partial charge in [0.2, 0.25) is 0 Å². The molecule has 12 heteroatoms. The van der Waals surface area contributed by atoms with Crippen molar-refractivity contribution in [1.82, 2.24) is 24.4 Å². The van der Waals surface area contributed by atoms with E-state index in [0.717, 1.165) is 45.5 Å². The lowest BCUT2D eigenvalue weighted by atomic mass is 10.1. The van der Waals surface area contributed by atoms with Gasteiger partial charge >= 0.3 is 6.09 Å². The molecule has 4 rings (SSSR count). The largest absolute Gasteiger partial charge is 0.444 e. The van der Waals surface area contributed by atoms with E-state index >= 15 is 0 Å². The van der Waals surface area contributed by atoms with Gasteiger partial charge in [0.15, 0.2) is 0 Å². The molecule has 39 heavy (non-hydrogen) atoms. The monoisotopic (exact) mass is 617 g/mol. The van der Waals surface area contributed by atoms with Gasteiger partial charge in [0, 0.05) is 45.5 Å². The number of carbonyl (C=O) groups excluding carboxylic acids is 1. The number of ether oxygens (including phenoxy) is 2. The van der Waals surface area contributed by atoms with Crippen LogP contribution in [0.1, 0.15) is 26.5 Å². The highest BCUT2D eigenvalue weighted by Crippen LogP contribution is 2.30. The third-order valence-electron chi connectivity index (χ3n) is 6.48. The number of nitrogens with one attached hydrogen (secondary N) is 1. The van der Waals surface area contributed by atoms with Crippen molar-refractivity contribution in [3.05, 3.63) is 40.9 Å². The predicted molar refractivity (Wildman–Crippen MR) is 161 cm³/mol. The number of nitrogens with zero attached hydrogens (tertiary/aromatic N) is 6. The Morgan fingerprint density at radius 2 is 1.97 bits per heavy atom. The Bertz CT molecular complexity index is 1300. The van der Waals surface area contributed by atoms with E-state index in [2.05, 4.69) is 55.8 Å². The minimum Gasteiger partial charge on any atom is -0.444 e. The zero-order chi connectivity index (χ0) is 28.4. The van der Waals surface area contributed by atoms with Crippen LogP contribution >= 0.6 is 15.9 Å². The van der Waals surface area contributed by atoms with Gasteiger partial charge in [0.25, 0.3) is 0 Å². The number of halogens is 1. The normalized spacial score (nSPS) is 14.4. The summed E-state index contributed by atoms with van der Waals surface area (Å²) in [4.78, 5) is 30.0. The smallest absolute Gasteiger partial charge is 0.410 e. The number of amides is 1. The van der Waals surface area contributed by atoms with E-state index in [4.69, 9.17) is 14.5 Å². The van der Waals surface area contributed by atoms with Crippen molar-refractivity contribution < 1.29 is 14.3 Å². The molecular weight excluding hydrogens is 578 g/mol. The molecule has 3 aromatic rings. The van der Waals surface area contributed by atoms with Gasteiger partial charge in [-0.05, 0) is 54.9 Å². The molecule has 1 saturated heterocycles. The molecular formula is C27H40BrN7O3Si. The summed E-state index contributed by atoms with van der Waals surface area (Å²) in [6.45, 7) is 15.8. The minimum absolute atomic E-state index is 0.0960. The van der Waals surface area contributed by atoms with Crippen molar-refractivity contribution in [1.29, 1.82) is 0 Å². The Hall–Kier alpha value is -2.70. The summed E-state index contributed by atoms with van der Waals surface area (Å²) in [6, 6.07) is 7.21. The lowest BCUT2D eigenvalue weighted by molar-refractivity contribution is 0.0196. The van der Waals surface area contributed by atoms with Crippen LogP contribution in [0, 0.1) is 0 Å².